The fraction of sp³-hybridized carbons (Fsp3) is 0.308. The summed E-state index contributed by atoms with van der Waals surface area (Å²) in [5, 5.41) is 9.14. The van der Waals surface area contributed by atoms with E-state index in [2.05, 4.69) is 4.98 Å². The van der Waals surface area contributed by atoms with Crippen LogP contribution >= 0.6 is 23.4 Å². The molecule has 2 heterocycles. The van der Waals surface area contributed by atoms with E-state index in [-0.39, 0.29) is 17.2 Å². The largest absolute Gasteiger partial charge is 0.481 e. The Kier molecular flexibility index (Phi) is 4.67. The molecule has 2 aromatic heterocycles. The Balaban J connectivity index is 2.18. The number of aliphatic carboxylic acids is 1. The fourth-order valence-electron chi connectivity index (χ4n) is 1.73. The molecule has 2 aromatic rings. The molecule has 5 nitrogen and oxygen atoms in total. The number of hydrogen-bond donors (Lipinski definition) is 1. The summed E-state index contributed by atoms with van der Waals surface area (Å²) >= 11 is 7.30. The number of nitrogens with zero attached hydrogens (tertiary/aromatic N) is 2. The number of carboxylic acid groups (broad SMARTS) is 1. The number of rotatable bonds is 5. The van der Waals surface area contributed by atoms with Gasteiger partial charge in [0.15, 0.2) is 0 Å². The number of carbonyl (C=O) groups is 1. The van der Waals surface area contributed by atoms with Gasteiger partial charge in [0.25, 0.3) is 5.56 Å². The van der Waals surface area contributed by atoms with Gasteiger partial charge < -0.3 is 5.11 Å². The Morgan fingerprint density at radius 2 is 2.30 bits per heavy atom. The first-order valence-electron chi connectivity index (χ1n) is 5.97. The van der Waals surface area contributed by atoms with E-state index in [9.17, 15) is 9.59 Å². The van der Waals surface area contributed by atoms with Crippen molar-refractivity contribution in [3.8, 4) is 0 Å². The van der Waals surface area contributed by atoms with Gasteiger partial charge in [0.1, 0.15) is 5.65 Å². The van der Waals surface area contributed by atoms with Crippen molar-refractivity contribution in [2.75, 3.05) is 0 Å². The quantitative estimate of drug-likeness (QED) is 0.918. The number of carboxylic acids is 1. The predicted molar refractivity (Wildman–Crippen MR) is 79.5 cm³/mol. The molecular formula is C13H13ClN2O3S. The van der Waals surface area contributed by atoms with Crippen LogP contribution in [0.3, 0.4) is 0 Å². The lowest BCUT2D eigenvalue weighted by atomic mass is 10.3. The molecule has 0 fully saturated rings. The molecule has 106 valence electrons. The molecule has 0 saturated carbocycles. The third kappa shape index (κ3) is 3.74. The highest BCUT2D eigenvalue weighted by Crippen LogP contribution is 2.19. The van der Waals surface area contributed by atoms with Crippen LogP contribution in [0.2, 0.25) is 5.02 Å². The molecule has 0 aromatic carbocycles. The number of aromatic nitrogens is 2. The zero-order valence-corrected chi connectivity index (χ0v) is 12.3. The SMILES string of the molecule is CC(CC(=O)O)SCc1cc(=O)n2cc(Cl)ccc2n1. The van der Waals surface area contributed by atoms with E-state index in [0.717, 1.165) is 0 Å². The number of thioether (sulfide) groups is 1. The summed E-state index contributed by atoms with van der Waals surface area (Å²) in [5.41, 5.74) is 0.974. The van der Waals surface area contributed by atoms with Crippen LogP contribution in [0, 0.1) is 0 Å². The Morgan fingerprint density at radius 3 is 3.00 bits per heavy atom. The summed E-state index contributed by atoms with van der Waals surface area (Å²) in [6.07, 6.45) is 1.61. The van der Waals surface area contributed by atoms with Crippen molar-refractivity contribution in [2.45, 2.75) is 24.3 Å². The lowest BCUT2D eigenvalue weighted by Crippen LogP contribution is -2.15. The number of fused-ring (bicyclic) bond motifs is 1. The summed E-state index contributed by atoms with van der Waals surface area (Å²) in [7, 11) is 0. The molecule has 1 atom stereocenters. The van der Waals surface area contributed by atoms with Gasteiger partial charge in [-0.3, -0.25) is 14.0 Å². The van der Waals surface area contributed by atoms with Gasteiger partial charge >= 0.3 is 5.97 Å². The second-order valence-corrected chi connectivity index (χ2v) is 6.24. The molecule has 0 aliphatic heterocycles. The molecule has 0 amide bonds. The third-order valence-corrected chi connectivity index (χ3v) is 4.08. The summed E-state index contributed by atoms with van der Waals surface area (Å²) in [6.45, 7) is 1.84. The Morgan fingerprint density at radius 1 is 1.55 bits per heavy atom. The van der Waals surface area contributed by atoms with E-state index in [4.69, 9.17) is 16.7 Å². The minimum atomic E-state index is -0.828. The van der Waals surface area contributed by atoms with Crippen LogP contribution in [0.5, 0.6) is 0 Å². The zero-order chi connectivity index (χ0) is 14.7. The summed E-state index contributed by atoms with van der Waals surface area (Å²) in [5.74, 6) is -0.325. The van der Waals surface area contributed by atoms with E-state index >= 15 is 0 Å². The Hall–Kier alpha value is -1.53. The second-order valence-electron chi connectivity index (χ2n) is 4.38. The van der Waals surface area contributed by atoms with Crippen LogP contribution in [0.4, 0.5) is 0 Å². The monoisotopic (exact) mass is 312 g/mol. The summed E-state index contributed by atoms with van der Waals surface area (Å²) in [4.78, 5) is 26.9. The first-order chi connectivity index (χ1) is 9.45. The van der Waals surface area contributed by atoms with Crippen molar-refractivity contribution in [3.63, 3.8) is 0 Å². The minimum Gasteiger partial charge on any atom is -0.481 e. The van der Waals surface area contributed by atoms with Gasteiger partial charge in [-0.1, -0.05) is 18.5 Å². The number of pyridine rings is 1. The molecule has 1 N–H and O–H groups in total. The van der Waals surface area contributed by atoms with Crippen LogP contribution in [0.15, 0.2) is 29.2 Å². The van der Waals surface area contributed by atoms with Crippen molar-refractivity contribution in [1.82, 2.24) is 9.38 Å². The van der Waals surface area contributed by atoms with Crippen molar-refractivity contribution < 1.29 is 9.90 Å². The lowest BCUT2D eigenvalue weighted by Gasteiger charge is -2.08. The Labute approximate surface area is 124 Å². The molecule has 0 bridgehead atoms. The van der Waals surface area contributed by atoms with Gasteiger partial charge in [0.2, 0.25) is 0 Å². The van der Waals surface area contributed by atoms with E-state index in [1.54, 1.807) is 12.1 Å². The van der Waals surface area contributed by atoms with Crippen LogP contribution < -0.4 is 5.56 Å². The summed E-state index contributed by atoms with van der Waals surface area (Å²) in [6, 6.07) is 4.80. The van der Waals surface area contributed by atoms with Crippen LogP contribution in [0.1, 0.15) is 19.0 Å². The Bertz CT molecular complexity index is 702. The van der Waals surface area contributed by atoms with Crippen LogP contribution in [-0.2, 0) is 10.5 Å². The first-order valence-corrected chi connectivity index (χ1v) is 7.39. The van der Waals surface area contributed by atoms with E-state index in [0.29, 0.717) is 22.1 Å². The van der Waals surface area contributed by atoms with Crippen molar-refractivity contribution in [3.05, 3.63) is 45.5 Å². The maximum absolute atomic E-state index is 11.9. The first kappa shape index (κ1) is 14.9. The predicted octanol–water partition coefficient (Wildman–Crippen LogP) is 2.44. The average molecular weight is 313 g/mol. The molecular weight excluding hydrogens is 300 g/mol. The molecule has 2 rings (SSSR count). The highest BCUT2D eigenvalue weighted by molar-refractivity contribution is 7.99. The molecule has 7 heteroatoms. The van der Waals surface area contributed by atoms with Gasteiger partial charge in [-0.2, -0.15) is 11.8 Å². The average Bonchev–Trinajstić information content (AvgIpc) is 2.36. The van der Waals surface area contributed by atoms with Gasteiger partial charge in [-0.15, -0.1) is 0 Å². The zero-order valence-electron chi connectivity index (χ0n) is 10.7. The third-order valence-electron chi connectivity index (χ3n) is 2.65. The highest BCUT2D eigenvalue weighted by Gasteiger charge is 2.10. The molecule has 0 aliphatic rings. The van der Waals surface area contributed by atoms with E-state index in [1.807, 2.05) is 6.92 Å². The second kappa shape index (κ2) is 6.28. The molecule has 0 spiro atoms. The topological polar surface area (TPSA) is 71.7 Å². The molecule has 0 aliphatic carbocycles. The van der Waals surface area contributed by atoms with E-state index < -0.39 is 5.97 Å². The standard InChI is InChI=1S/C13H13ClN2O3S/c1-8(4-13(18)19)20-7-10-5-12(17)16-6-9(14)2-3-11(16)15-10/h2-3,5-6,8H,4,7H2,1H3,(H,18,19). The summed E-state index contributed by atoms with van der Waals surface area (Å²) < 4.78 is 1.39. The maximum Gasteiger partial charge on any atom is 0.304 e. The molecule has 0 saturated heterocycles. The lowest BCUT2D eigenvalue weighted by molar-refractivity contribution is -0.136. The van der Waals surface area contributed by atoms with Crippen molar-refractivity contribution in [2.24, 2.45) is 0 Å². The van der Waals surface area contributed by atoms with Crippen LogP contribution in [0.25, 0.3) is 5.65 Å². The molecule has 20 heavy (non-hydrogen) atoms. The van der Waals surface area contributed by atoms with Gasteiger partial charge in [-0.25, -0.2) is 4.98 Å². The van der Waals surface area contributed by atoms with Gasteiger partial charge in [0.05, 0.1) is 17.1 Å². The van der Waals surface area contributed by atoms with Gasteiger partial charge in [0, 0.05) is 23.3 Å². The molecule has 1 unspecified atom stereocenters. The van der Waals surface area contributed by atoms with Crippen molar-refractivity contribution >= 4 is 35.0 Å². The normalized spacial score (nSPS) is 12.5. The fourth-order valence-corrected chi connectivity index (χ4v) is 2.76. The maximum atomic E-state index is 11.9. The number of hydrogen-bond acceptors (Lipinski definition) is 4. The minimum absolute atomic E-state index is 0.0297. The number of halogens is 1. The molecule has 0 radical (unpaired) electrons. The van der Waals surface area contributed by atoms with E-state index in [1.165, 1.54) is 28.4 Å². The van der Waals surface area contributed by atoms with Crippen molar-refractivity contribution in [1.29, 1.82) is 0 Å². The van der Waals surface area contributed by atoms with Crippen LogP contribution in [-0.4, -0.2) is 25.7 Å². The van der Waals surface area contributed by atoms with Gasteiger partial charge in [-0.05, 0) is 12.1 Å². The highest BCUT2D eigenvalue weighted by atomic mass is 35.5. The smallest absolute Gasteiger partial charge is 0.304 e.